The van der Waals surface area contributed by atoms with E-state index in [1.807, 2.05) is 78.9 Å². The fourth-order valence-corrected chi connectivity index (χ4v) is 2.66. The molecular weight excluding hydrogens is 326 g/mol. The van der Waals surface area contributed by atoms with Crippen LogP contribution < -0.4 is 10.1 Å². The first-order chi connectivity index (χ1) is 12.8. The number of hydrogen-bond donors (Lipinski definition) is 2. The molecule has 3 aromatic carbocycles. The summed E-state index contributed by atoms with van der Waals surface area (Å²) >= 11 is 0. The normalized spacial score (nSPS) is 11.6. The van der Waals surface area contributed by atoms with Gasteiger partial charge in [-0.05, 0) is 47.5 Å². The Morgan fingerprint density at radius 3 is 2.35 bits per heavy atom. The van der Waals surface area contributed by atoms with Gasteiger partial charge < -0.3 is 20.0 Å². The van der Waals surface area contributed by atoms with Gasteiger partial charge >= 0.3 is 0 Å². The predicted molar refractivity (Wildman–Crippen MR) is 103 cm³/mol. The molecule has 0 fully saturated rings. The SMILES string of the molecule is O=CC(CNc1cccc(CO)c1)c1ccc(Oc2ccccc2)cc1. The van der Waals surface area contributed by atoms with E-state index < -0.39 is 0 Å². The first kappa shape index (κ1) is 17.7. The zero-order chi connectivity index (χ0) is 18.2. The van der Waals surface area contributed by atoms with Crippen LogP contribution in [0.3, 0.4) is 0 Å². The molecule has 26 heavy (non-hydrogen) atoms. The summed E-state index contributed by atoms with van der Waals surface area (Å²) < 4.78 is 5.77. The highest BCUT2D eigenvalue weighted by Gasteiger charge is 2.11. The van der Waals surface area contributed by atoms with E-state index in [-0.39, 0.29) is 12.5 Å². The summed E-state index contributed by atoms with van der Waals surface area (Å²) in [5.41, 5.74) is 2.64. The van der Waals surface area contributed by atoms with Crippen LogP contribution in [-0.2, 0) is 11.4 Å². The summed E-state index contributed by atoms with van der Waals surface area (Å²) in [6.07, 6.45) is 0.940. The molecule has 0 aliphatic carbocycles. The number of ether oxygens (including phenoxy) is 1. The molecule has 0 heterocycles. The van der Waals surface area contributed by atoms with E-state index in [1.54, 1.807) is 0 Å². The molecule has 3 rings (SSSR count). The van der Waals surface area contributed by atoms with Crippen LogP contribution in [0.15, 0.2) is 78.9 Å². The molecule has 0 aliphatic rings. The minimum absolute atomic E-state index is 0.00446. The quantitative estimate of drug-likeness (QED) is 0.594. The number of aldehydes is 1. The number of anilines is 1. The van der Waals surface area contributed by atoms with Gasteiger partial charge in [0.25, 0.3) is 0 Å². The molecule has 4 nitrogen and oxygen atoms in total. The fourth-order valence-electron chi connectivity index (χ4n) is 2.66. The van der Waals surface area contributed by atoms with E-state index >= 15 is 0 Å². The summed E-state index contributed by atoms with van der Waals surface area (Å²) in [6, 6.07) is 24.6. The summed E-state index contributed by atoms with van der Waals surface area (Å²) in [5, 5.41) is 12.4. The Labute approximate surface area is 153 Å². The minimum atomic E-state index is -0.265. The third-order valence-corrected chi connectivity index (χ3v) is 4.09. The van der Waals surface area contributed by atoms with Gasteiger partial charge in [0, 0.05) is 12.2 Å². The van der Waals surface area contributed by atoms with Crippen molar-refractivity contribution in [2.24, 2.45) is 0 Å². The molecule has 0 radical (unpaired) electrons. The van der Waals surface area contributed by atoms with Gasteiger partial charge in [-0.2, -0.15) is 0 Å². The Morgan fingerprint density at radius 1 is 0.923 bits per heavy atom. The van der Waals surface area contributed by atoms with Crippen LogP contribution >= 0.6 is 0 Å². The van der Waals surface area contributed by atoms with Crippen molar-refractivity contribution in [2.75, 3.05) is 11.9 Å². The Morgan fingerprint density at radius 2 is 1.65 bits per heavy atom. The molecule has 132 valence electrons. The van der Waals surface area contributed by atoms with Crippen LogP contribution in [-0.4, -0.2) is 17.9 Å². The Bertz CT molecular complexity index is 832. The maximum absolute atomic E-state index is 11.5. The summed E-state index contributed by atoms with van der Waals surface area (Å²) in [4.78, 5) is 11.5. The maximum Gasteiger partial charge on any atom is 0.129 e. The molecule has 0 saturated heterocycles. The van der Waals surface area contributed by atoms with E-state index in [9.17, 15) is 9.90 Å². The van der Waals surface area contributed by atoms with E-state index in [4.69, 9.17) is 4.74 Å². The molecule has 2 N–H and O–H groups in total. The van der Waals surface area contributed by atoms with Crippen molar-refractivity contribution >= 4 is 12.0 Å². The second kappa shape index (κ2) is 8.83. The monoisotopic (exact) mass is 347 g/mol. The standard InChI is InChI=1S/C22H21NO3/c24-15-17-5-4-6-20(13-17)23-14-19(16-25)18-9-11-22(12-10-18)26-21-7-2-1-3-8-21/h1-13,16,19,23-24H,14-15H2. The van der Waals surface area contributed by atoms with Crippen molar-refractivity contribution in [2.45, 2.75) is 12.5 Å². The topological polar surface area (TPSA) is 58.6 Å². The molecule has 0 aromatic heterocycles. The molecule has 0 aliphatic heterocycles. The highest BCUT2D eigenvalue weighted by molar-refractivity contribution is 5.64. The molecule has 3 aromatic rings. The van der Waals surface area contributed by atoms with Gasteiger partial charge in [-0.15, -0.1) is 0 Å². The molecule has 0 spiro atoms. The number of carbonyl (C=O) groups excluding carboxylic acids is 1. The van der Waals surface area contributed by atoms with Gasteiger partial charge in [0.1, 0.15) is 17.8 Å². The largest absolute Gasteiger partial charge is 0.457 e. The van der Waals surface area contributed by atoms with Gasteiger partial charge in [-0.1, -0.05) is 42.5 Å². The number of hydrogen-bond acceptors (Lipinski definition) is 4. The highest BCUT2D eigenvalue weighted by Crippen LogP contribution is 2.24. The lowest BCUT2D eigenvalue weighted by molar-refractivity contribution is -0.108. The van der Waals surface area contributed by atoms with Crippen LogP contribution in [0.25, 0.3) is 0 Å². The summed E-state index contributed by atoms with van der Waals surface area (Å²) in [6.45, 7) is 0.479. The van der Waals surface area contributed by atoms with Crippen molar-refractivity contribution in [3.05, 3.63) is 90.0 Å². The van der Waals surface area contributed by atoms with Crippen molar-refractivity contribution < 1.29 is 14.6 Å². The van der Waals surface area contributed by atoms with Crippen molar-refractivity contribution in [1.82, 2.24) is 0 Å². The molecule has 0 saturated carbocycles. The van der Waals surface area contributed by atoms with Crippen LogP contribution in [0.2, 0.25) is 0 Å². The average molecular weight is 347 g/mol. The van der Waals surface area contributed by atoms with Crippen LogP contribution in [0.1, 0.15) is 17.0 Å². The van der Waals surface area contributed by atoms with Gasteiger partial charge in [-0.3, -0.25) is 0 Å². The number of benzene rings is 3. The van der Waals surface area contributed by atoms with E-state index in [2.05, 4.69) is 5.32 Å². The van der Waals surface area contributed by atoms with Crippen LogP contribution in [0.4, 0.5) is 5.69 Å². The first-order valence-electron chi connectivity index (χ1n) is 8.50. The highest BCUT2D eigenvalue weighted by atomic mass is 16.5. The minimum Gasteiger partial charge on any atom is -0.457 e. The average Bonchev–Trinajstić information content (AvgIpc) is 2.70. The Hall–Kier alpha value is -3.11. The van der Waals surface area contributed by atoms with Gasteiger partial charge in [0.05, 0.1) is 12.5 Å². The van der Waals surface area contributed by atoms with Crippen LogP contribution in [0.5, 0.6) is 11.5 Å². The predicted octanol–water partition coefficient (Wildman–Crippen LogP) is 4.37. The zero-order valence-electron chi connectivity index (χ0n) is 14.3. The molecule has 1 atom stereocenters. The van der Waals surface area contributed by atoms with E-state index in [1.165, 1.54) is 0 Å². The fraction of sp³-hybridized carbons (Fsp3) is 0.136. The van der Waals surface area contributed by atoms with E-state index in [0.717, 1.165) is 34.6 Å². The summed E-state index contributed by atoms with van der Waals surface area (Å²) in [7, 11) is 0. The van der Waals surface area contributed by atoms with Crippen molar-refractivity contribution in [3.8, 4) is 11.5 Å². The lowest BCUT2D eigenvalue weighted by atomic mass is 10.0. The van der Waals surface area contributed by atoms with Gasteiger partial charge in [0.15, 0.2) is 0 Å². The van der Waals surface area contributed by atoms with Crippen molar-refractivity contribution in [3.63, 3.8) is 0 Å². The van der Waals surface area contributed by atoms with Gasteiger partial charge in [-0.25, -0.2) is 0 Å². The Balaban J connectivity index is 1.63. The van der Waals surface area contributed by atoms with Crippen LogP contribution in [0, 0.1) is 0 Å². The second-order valence-electron chi connectivity index (χ2n) is 5.97. The number of aliphatic hydroxyl groups is 1. The number of para-hydroxylation sites is 1. The summed E-state index contributed by atoms with van der Waals surface area (Å²) in [5.74, 6) is 1.24. The molecular formula is C22H21NO3. The maximum atomic E-state index is 11.5. The Kier molecular flexibility index (Phi) is 6.01. The lowest BCUT2D eigenvalue weighted by Crippen LogP contribution is -2.14. The second-order valence-corrected chi connectivity index (χ2v) is 5.97. The lowest BCUT2D eigenvalue weighted by Gasteiger charge is -2.14. The number of carbonyl (C=O) groups is 1. The van der Waals surface area contributed by atoms with Crippen molar-refractivity contribution in [1.29, 1.82) is 0 Å². The third kappa shape index (κ3) is 4.71. The number of rotatable bonds is 8. The molecule has 0 amide bonds. The number of nitrogens with one attached hydrogen (secondary N) is 1. The molecule has 1 unspecified atom stereocenters. The third-order valence-electron chi connectivity index (χ3n) is 4.09. The molecule has 0 bridgehead atoms. The molecule has 4 heteroatoms. The van der Waals surface area contributed by atoms with Gasteiger partial charge in [0.2, 0.25) is 0 Å². The zero-order valence-corrected chi connectivity index (χ0v) is 14.3. The smallest absolute Gasteiger partial charge is 0.129 e. The first-order valence-corrected chi connectivity index (χ1v) is 8.50. The number of aliphatic hydroxyl groups excluding tert-OH is 1. The van der Waals surface area contributed by atoms with E-state index in [0.29, 0.717) is 6.54 Å².